The number of ether oxygens (including phenoxy) is 2. The Balaban J connectivity index is 2.83. The van der Waals surface area contributed by atoms with Gasteiger partial charge in [-0.15, -0.1) is 0 Å². The van der Waals surface area contributed by atoms with Gasteiger partial charge in [0, 0.05) is 0 Å². The van der Waals surface area contributed by atoms with Gasteiger partial charge in [-0.3, -0.25) is 0 Å². The normalized spacial score (nSPS) is 11.8. The standard InChI is InChI=1S/C14H16O5/c1-14(2,3)19-13(17)18-11(12(15)16)9-10-7-5-4-6-8-10/h4-9H,1-3H3,(H,15,16)/b11-9+. The summed E-state index contributed by atoms with van der Waals surface area (Å²) in [6, 6.07) is 8.69. The molecule has 0 spiro atoms. The fourth-order valence-electron chi connectivity index (χ4n) is 1.20. The summed E-state index contributed by atoms with van der Waals surface area (Å²) in [4.78, 5) is 22.4. The van der Waals surface area contributed by atoms with E-state index in [1.807, 2.05) is 0 Å². The lowest BCUT2D eigenvalue weighted by atomic mass is 10.2. The van der Waals surface area contributed by atoms with E-state index in [4.69, 9.17) is 14.6 Å². The van der Waals surface area contributed by atoms with Crippen LogP contribution in [0.3, 0.4) is 0 Å². The van der Waals surface area contributed by atoms with E-state index in [0.717, 1.165) is 0 Å². The molecule has 5 heteroatoms. The minimum absolute atomic E-state index is 0.486. The van der Waals surface area contributed by atoms with E-state index in [0.29, 0.717) is 5.56 Å². The van der Waals surface area contributed by atoms with E-state index >= 15 is 0 Å². The van der Waals surface area contributed by atoms with Crippen LogP contribution in [-0.4, -0.2) is 22.8 Å². The molecule has 1 aromatic rings. The number of rotatable bonds is 3. The van der Waals surface area contributed by atoms with E-state index in [2.05, 4.69) is 0 Å². The molecule has 0 aromatic heterocycles. The summed E-state index contributed by atoms with van der Waals surface area (Å²) in [6.45, 7) is 4.99. The first-order valence-corrected chi connectivity index (χ1v) is 5.69. The zero-order valence-electron chi connectivity index (χ0n) is 11.0. The third-order valence-electron chi connectivity index (χ3n) is 1.89. The van der Waals surface area contributed by atoms with Crippen molar-refractivity contribution in [2.75, 3.05) is 0 Å². The molecule has 0 fully saturated rings. The minimum atomic E-state index is -1.34. The lowest BCUT2D eigenvalue weighted by molar-refractivity contribution is -0.136. The molecule has 0 bridgehead atoms. The molecular formula is C14H16O5. The van der Waals surface area contributed by atoms with Crippen LogP contribution < -0.4 is 0 Å². The molecule has 1 aromatic carbocycles. The lowest BCUT2D eigenvalue weighted by Gasteiger charge is -2.18. The van der Waals surface area contributed by atoms with Crippen LogP contribution in [0.25, 0.3) is 6.08 Å². The van der Waals surface area contributed by atoms with Gasteiger partial charge in [0.05, 0.1) is 0 Å². The number of carbonyl (C=O) groups is 2. The van der Waals surface area contributed by atoms with Crippen LogP contribution in [0.1, 0.15) is 26.3 Å². The molecule has 0 aliphatic heterocycles. The first-order chi connectivity index (χ1) is 8.78. The number of hydrogen-bond acceptors (Lipinski definition) is 4. The summed E-state index contributed by atoms with van der Waals surface area (Å²) in [7, 11) is 0. The van der Waals surface area contributed by atoms with Gasteiger partial charge in [0.2, 0.25) is 5.76 Å². The zero-order valence-corrected chi connectivity index (χ0v) is 11.0. The highest BCUT2D eigenvalue weighted by atomic mass is 16.7. The molecule has 0 saturated carbocycles. The molecule has 1 rings (SSSR count). The van der Waals surface area contributed by atoms with Crippen LogP contribution in [0.15, 0.2) is 36.1 Å². The van der Waals surface area contributed by atoms with E-state index < -0.39 is 23.5 Å². The largest absolute Gasteiger partial charge is 0.514 e. The molecule has 0 aliphatic carbocycles. The Morgan fingerprint density at radius 3 is 2.21 bits per heavy atom. The van der Waals surface area contributed by atoms with Crippen LogP contribution in [0.4, 0.5) is 4.79 Å². The fraction of sp³-hybridized carbons (Fsp3) is 0.286. The van der Waals surface area contributed by atoms with Gasteiger partial charge >= 0.3 is 12.1 Å². The van der Waals surface area contributed by atoms with Crippen molar-refractivity contribution in [2.24, 2.45) is 0 Å². The smallest absolute Gasteiger partial charge is 0.475 e. The van der Waals surface area contributed by atoms with Crippen LogP contribution in [-0.2, 0) is 14.3 Å². The molecule has 19 heavy (non-hydrogen) atoms. The van der Waals surface area contributed by atoms with Gasteiger partial charge in [0.15, 0.2) is 0 Å². The summed E-state index contributed by atoms with van der Waals surface area (Å²) < 4.78 is 9.58. The Morgan fingerprint density at radius 1 is 1.16 bits per heavy atom. The maximum absolute atomic E-state index is 11.4. The average molecular weight is 264 g/mol. The highest BCUT2D eigenvalue weighted by Gasteiger charge is 2.21. The van der Waals surface area contributed by atoms with Crippen molar-refractivity contribution in [3.05, 3.63) is 41.7 Å². The second-order valence-corrected chi connectivity index (χ2v) is 4.79. The van der Waals surface area contributed by atoms with Crippen molar-refractivity contribution in [3.63, 3.8) is 0 Å². The number of carbonyl (C=O) groups excluding carboxylic acids is 1. The number of benzene rings is 1. The van der Waals surface area contributed by atoms with Crippen molar-refractivity contribution in [3.8, 4) is 0 Å². The number of aliphatic carboxylic acids is 1. The van der Waals surface area contributed by atoms with Crippen molar-refractivity contribution >= 4 is 18.2 Å². The SMILES string of the molecule is CC(C)(C)OC(=O)O/C(=C/c1ccccc1)C(=O)O. The summed E-state index contributed by atoms with van der Waals surface area (Å²) in [5.74, 6) is -1.82. The second-order valence-electron chi connectivity index (χ2n) is 4.79. The van der Waals surface area contributed by atoms with E-state index in [-0.39, 0.29) is 0 Å². The number of hydrogen-bond donors (Lipinski definition) is 1. The first kappa shape index (κ1) is 14.8. The molecule has 0 heterocycles. The highest BCUT2D eigenvalue weighted by molar-refractivity contribution is 5.92. The first-order valence-electron chi connectivity index (χ1n) is 5.69. The molecular weight excluding hydrogens is 248 g/mol. The molecule has 0 unspecified atom stereocenters. The third kappa shape index (κ3) is 5.72. The molecule has 0 saturated heterocycles. The fourth-order valence-corrected chi connectivity index (χ4v) is 1.20. The Morgan fingerprint density at radius 2 is 1.74 bits per heavy atom. The van der Waals surface area contributed by atoms with Gasteiger partial charge < -0.3 is 14.6 Å². The topological polar surface area (TPSA) is 72.8 Å². The summed E-state index contributed by atoms with van der Waals surface area (Å²) in [5, 5.41) is 8.98. The Kier molecular flexibility index (Phi) is 4.69. The highest BCUT2D eigenvalue weighted by Crippen LogP contribution is 2.13. The van der Waals surface area contributed by atoms with Crippen molar-refractivity contribution in [1.29, 1.82) is 0 Å². The van der Waals surface area contributed by atoms with Crippen molar-refractivity contribution in [2.45, 2.75) is 26.4 Å². The zero-order chi connectivity index (χ0) is 14.5. The predicted molar refractivity (Wildman–Crippen MR) is 69.4 cm³/mol. The van der Waals surface area contributed by atoms with E-state index in [1.165, 1.54) is 6.08 Å². The molecule has 0 amide bonds. The summed E-state index contributed by atoms with van der Waals surface area (Å²) in [6.07, 6.45) is 0.212. The van der Waals surface area contributed by atoms with E-state index in [9.17, 15) is 9.59 Å². The van der Waals surface area contributed by atoms with Crippen LogP contribution in [0.5, 0.6) is 0 Å². The molecule has 0 aliphatic rings. The van der Waals surface area contributed by atoms with E-state index in [1.54, 1.807) is 51.1 Å². The summed E-state index contributed by atoms with van der Waals surface area (Å²) >= 11 is 0. The van der Waals surface area contributed by atoms with Gasteiger partial charge in [0.25, 0.3) is 0 Å². The number of carboxylic acid groups (broad SMARTS) is 1. The summed E-state index contributed by atoms with van der Waals surface area (Å²) in [5.41, 5.74) is -0.128. The van der Waals surface area contributed by atoms with Gasteiger partial charge in [-0.05, 0) is 32.4 Å². The van der Waals surface area contributed by atoms with Gasteiger partial charge in [0.1, 0.15) is 5.60 Å². The molecule has 1 N–H and O–H groups in total. The quantitative estimate of drug-likeness (QED) is 0.516. The Bertz CT molecular complexity index is 482. The monoisotopic (exact) mass is 264 g/mol. The van der Waals surface area contributed by atoms with Gasteiger partial charge in [-0.1, -0.05) is 30.3 Å². The predicted octanol–water partition coefficient (Wildman–Crippen LogP) is 3.06. The lowest BCUT2D eigenvalue weighted by Crippen LogP contribution is -2.25. The Labute approximate surface area is 111 Å². The maximum Gasteiger partial charge on any atom is 0.514 e. The molecule has 0 atom stereocenters. The number of carboxylic acids is 1. The van der Waals surface area contributed by atoms with Crippen molar-refractivity contribution in [1.82, 2.24) is 0 Å². The van der Waals surface area contributed by atoms with Gasteiger partial charge in [-0.25, -0.2) is 9.59 Å². The molecule has 5 nitrogen and oxygen atoms in total. The average Bonchev–Trinajstić information content (AvgIpc) is 2.26. The third-order valence-corrected chi connectivity index (χ3v) is 1.89. The molecule has 102 valence electrons. The Hall–Kier alpha value is -2.30. The minimum Gasteiger partial charge on any atom is -0.475 e. The second kappa shape index (κ2) is 6.04. The van der Waals surface area contributed by atoms with Gasteiger partial charge in [-0.2, -0.15) is 0 Å². The van der Waals surface area contributed by atoms with Crippen molar-refractivity contribution < 1.29 is 24.2 Å². The maximum atomic E-state index is 11.4. The molecule has 0 radical (unpaired) electrons. The van der Waals surface area contributed by atoms with Crippen LogP contribution in [0, 0.1) is 0 Å². The van der Waals surface area contributed by atoms with Crippen LogP contribution >= 0.6 is 0 Å². The van der Waals surface area contributed by atoms with Crippen LogP contribution in [0.2, 0.25) is 0 Å².